The Morgan fingerprint density at radius 3 is 2.85 bits per heavy atom. The molecule has 1 aromatic rings. The van der Waals surface area contributed by atoms with Crippen LogP contribution in [0.2, 0.25) is 0 Å². The molecule has 0 spiro atoms. The van der Waals surface area contributed by atoms with Crippen molar-refractivity contribution in [3.05, 3.63) is 23.0 Å². The summed E-state index contributed by atoms with van der Waals surface area (Å²) in [5.74, 6) is 2.15. The van der Waals surface area contributed by atoms with Gasteiger partial charge in [-0.1, -0.05) is 6.42 Å². The van der Waals surface area contributed by atoms with E-state index in [1.165, 1.54) is 19.3 Å². The Hall–Kier alpha value is -1.78. The lowest BCUT2D eigenvalue weighted by atomic mass is 9.85. The van der Waals surface area contributed by atoms with E-state index in [1.54, 1.807) is 7.11 Å². The molecule has 0 atom stereocenters. The average Bonchev–Trinajstić information content (AvgIpc) is 2.36. The molecule has 1 aromatic heterocycles. The molecule has 110 valence electrons. The summed E-state index contributed by atoms with van der Waals surface area (Å²) in [4.78, 5) is 8.77. The second kappa shape index (κ2) is 6.59. The topological polar surface area (TPSA) is 72.5 Å². The van der Waals surface area contributed by atoms with Gasteiger partial charge >= 0.3 is 0 Å². The summed E-state index contributed by atoms with van der Waals surface area (Å²) in [6.45, 7) is 5.40. The van der Waals surface area contributed by atoms with Crippen molar-refractivity contribution in [2.45, 2.75) is 39.7 Å². The van der Waals surface area contributed by atoms with E-state index in [1.807, 2.05) is 20.0 Å². The Bertz CT molecular complexity index is 495. The number of ether oxygens (including phenoxy) is 1. The monoisotopic (exact) mass is 276 g/mol. The van der Waals surface area contributed by atoms with Crippen LogP contribution in [0.5, 0.6) is 5.75 Å². The largest absolute Gasteiger partial charge is 0.496 e. The van der Waals surface area contributed by atoms with Gasteiger partial charge in [0, 0.05) is 23.9 Å². The molecule has 0 amide bonds. The van der Waals surface area contributed by atoms with Crippen molar-refractivity contribution < 1.29 is 4.74 Å². The van der Waals surface area contributed by atoms with Crippen LogP contribution in [0.1, 0.15) is 36.1 Å². The highest BCUT2D eigenvalue weighted by molar-refractivity contribution is 5.77. The van der Waals surface area contributed by atoms with E-state index in [4.69, 9.17) is 10.5 Å². The minimum absolute atomic E-state index is 0.478. The summed E-state index contributed by atoms with van der Waals surface area (Å²) >= 11 is 0. The van der Waals surface area contributed by atoms with Crippen LogP contribution >= 0.6 is 0 Å². The number of hydrogen-bond donors (Lipinski definition) is 2. The van der Waals surface area contributed by atoms with Gasteiger partial charge < -0.3 is 15.8 Å². The molecule has 1 heterocycles. The number of nitrogens with two attached hydrogens (primary N) is 1. The lowest BCUT2D eigenvalue weighted by Crippen LogP contribution is -2.37. The van der Waals surface area contributed by atoms with Gasteiger partial charge in [0.1, 0.15) is 5.75 Å². The molecule has 5 nitrogen and oxygen atoms in total. The lowest BCUT2D eigenvalue weighted by Gasteiger charge is -2.25. The van der Waals surface area contributed by atoms with Crippen molar-refractivity contribution in [3.8, 4) is 5.75 Å². The summed E-state index contributed by atoms with van der Waals surface area (Å²) in [5, 5.41) is 3.18. The fourth-order valence-electron chi connectivity index (χ4n) is 2.39. The van der Waals surface area contributed by atoms with Crippen LogP contribution in [0, 0.1) is 19.8 Å². The first-order valence-electron chi connectivity index (χ1n) is 7.14. The van der Waals surface area contributed by atoms with Gasteiger partial charge in [0.05, 0.1) is 19.3 Å². The summed E-state index contributed by atoms with van der Waals surface area (Å²) in [6, 6.07) is 0. The van der Waals surface area contributed by atoms with Crippen LogP contribution in [0.25, 0.3) is 0 Å². The fourth-order valence-corrected chi connectivity index (χ4v) is 2.39. The second-order valence-corrected chi connectivity index (χ2v) is 5.43. The molecule has 3 N–H and O–H groups in total. The highest BCUT2D eigenvalue weighted by atomic mass is 16.5. The van der Waals surface area contributed by atoms with E-state index in [0.717, 1.165) is 35.0 Å². The van der Waals surface area contributed by atoms with E-state index in [-0.39, 0.29) is 0 Å². The van der Waals surface area contributed by atoms with Crippen molar-refractivity contribution in [3.63, 3.8) is 0 Å². The van der Waals surface area contributed by atoms with Gasteiger partial charge in [0.15, 0.2) is 5.96 Å². The van der Waals surface area contributed by atoms with Crippen LogP contribution in [0.4, 0.5) is 0 Å². The minimum Gasteiger partial charge on any atom is -0.496 e. The third-order valence-corrected chi connectivity index (χ3v) is 3.95. The minimum atomic E-state index is 0.478. The Morgan fingerprint density at radius 1 is 1.50 bits per heavy atom. The molecule has 1 fully saturated rings. The number of aromatic nitrogens is 1. The lowest BCUT2D eigenvalue weighted by molar-refractivity contribution is 0.315. The average molecular weight is 276 g/mol. The number of methoxy groups -OCH3 is 1. The number of aryl methyl sites for hydroxylation is 1. The van der Waals surface area contributed by atoms with E-state index in [9.17, 15) is 0 Å². The van der Waals surface area contributed by atoms with Crippen LogP contribution < -0.4 is 15.8 Å². The summed E-state index contributed by atoms with van der Waals surface area (Å²) in [6.07, 6.45) is 5.76. The smallest absolute Gasteiger partial charge is 0.188 e. The van der Waals surface area contributed by atoms with Gasteiger partial charge in [0.25, 0.3) is 0 Å². The highest BCUT2D eigenvalue weighted by Gasteiger charge is 2.16. The van der Waals surface area contributed by atoms with Crippen molar-refractivity contribution in [2.75, 3.05) is 13.7 Å². The molecule has 0 aromatic carbocycles. The van der Waals surface area contributed by atoms with Gasteiger partial charge in [-0.2, -0.15) is 0 Å². The molecule has 0 bridgehead atoms. The first-order valence-corrected chi connectivity index (χ1v) is 7.14. The zero-order chi connectivity index (χ0) is 14.5. The number of rotatable bonds is 5. The van der Waals surface area contributed by atoms with Gasteiger partial charge in [-0.05, 0) is 32.6 Å². The summed E-state index contributed by atoms with van der Waals surface area (Å²) < 4.78 is 5.39. The molecule has 2 rings (SSSR count). The van der Waals surface area contributed by atoms with Crippen LogP contribution in [-0.2, 0) is 6.54 Å². The maximum absolute atomic E-state index is 5.88. The molecule has 5 heteroatoms. The van der Waals surface area contributed by atoms with Crippen LogP contribution in [0.15, 0.2) is 11.2 Å². The zero-order valence-electron chi connectivity index (χ0n) is 12.6. The van der Waals surface area contributed by atoms with Gasteiger partial charge in [-0.3, -0.25) is 4.98 Å². The summed E-state index contributed by atoms with van der Waals surface area (Å²) in [5.41, 5.74) is 8.85. The number of pyridine rings is 1. The molecule has 0 aliphatic heterocycles. The quantitative estimate of drug-likeness (QED) is 0.636. The maximum atomic E-state index is 5.88. The molecule has 0 radical (unpaired) electrons. The summed E-state index contributed by atoms with van der Waals surface area (Å²) in [7, 11) is 1.68. The predicted molar refractivity (Wildman–Crippen MR) is 80.9 cm³/mol. The van der Waals surface area contributed by atoms with E-state index < -0.39 is 0 Å². The molecule has 0 unspecified atom stereocenters. The number of nitrogens with zero attached hydrogens (tertiary/aromatic N) is 2. The van der Waals surface area contributed by atoms with Gasteiger partial charge in [0.2, 0.25) is 0 Å². The number of aliphatic imine (C=N–C) groups is 1. The van der Waals surface area contributed by atoms with Crippen LogP contribution in [-0.4, -0.2) is 24.6 Å². The number of guanidine groups is 1. The van der Waals surface area contributed by atoms with Crippen molar-refractivity contribution in [1.29, 1.82) is 0 Å². The second-order valence-electron chi connectivity index (χ2n) is 5.43. The number of nitrogens with one attached hydrogen (secondary N) is 1. The molecular formula is C15H24N4O. The van der Waals surface area contributed by atoms with Crippen LogP contribution in [0.3, 0.4) is 0 Å². The first kappa shape index (κ1) is 14.6. The SMILES string of the molecule is COc1c(C)cnc(CN=C(N)NCC2CCC2)c1C. The highest BCUT2D eigenvalue weighted by Crippen LogP contribution is 2.25. The van der Waals surface area contributed by atoms with Crippen molar-refractivity contribution in [2.24, 2.45) is 16.6 Å². The Kier molecular flexibility index (Phi) is 4.82. The van der Waals surface area contributed by atoms with Gasteiger partial charge in [-0.15, -0.1) is 0 Å². The Labute approximate surface area is 120 Å². The predicted octanol–water partition coefficient (Wildman–Crippen LogP) is 1.91. The van der Waals surface area contributed by atoms with Crippen molar-refractivity contribution in [1.82, 2.24) is 10.3 Å². The Balaban J connectivity index is 1.95. The molecular weight excluding hydrogens is 252 g/mol. The third kappa shape index (κ3) is 3.40. The standard InChI is InChI=1S/C15H24N4O/c1-10-7-17-13(11(2)14(10)20-3)9-19-15(16)18-8-12-5-4-6-12/h7,12H,4-6,8-9H2,1-3H3,(H3,16,18,19). The first-order chi connectivity index (χ1) is 9.61. The third-order valence-electron chi connectivity index (χ3n) is 3.95. The van der Waals surface area contributed by atoms with Gasteiger partial charge in [-0.25, -0.2) is 4.99 Å². The Morgan fingerprint density at radius 2 is 2.25 bits per heavy atom. The zero-order valence-corrected chi connectivity index (χ0v) is 12.6. The van der Waals surface area contributed by atoms with E-state index in [0.29, 0.717) is 12.5 Å². The number of hydrogen-bond acceptors (Lipinski definition) is 3. The molecule has 1 aliphatic rings. The molecule has 0 saturated heterocycles. The molecule has 1 aliphatic carbocycles. The maximum Gasteiger partial charge on any atom is 0.188 e. The van der Waals surface area contributed by atoms with E-state index >= 15 is 0 Å². The fraction of sp³-hybridized carbons (Fsp3) is 0.600. The van der Waals surface area contributed by atoms with Crippen molar-refractivity contribution >= 4 is 5.96 Å². The molecule has 1 saturated carbocycles. The molecule has 20 heavy (non-hydrogen) atoms. The van der Waals surface area contributed by atoms with E-state index in [2.05, 4.69) is 15.3 Å². The normalized spacial score (nSPS) is 15.8.